The third-order valence-corrected chi connectivity index (χ3v) is 7.25. The van der Waals surface area contributed by atoms with E-state index in [1.165, 1.54) is 30.3 Å². The minimum atomic E-state index is -4.02. The highest BCUT2D eigenvalue weighted by Gasteiger charge is 2.27. The molecule has 0 aliphatic carbocycles. The summed E-state index contributed by atoms with van der Waals surface area (Å²) in [6.07, 6.45) is 0. The van der Waals surface area contributed by atoms with Crippen LogP contribution in [0.3, 0.4) is 0 Å². The highest BCUT2D eigenvalue weighted by molar-refractivity contribution is 7.92. The number of hydrogen-bond acceptors (Lipinski definition) is 5. The summed E-state index contributed by atoms with van der Waals surface area (Å²) in [5.74, 6) is -1.14. The molecular formula is C25H25ClN2O5S. The van der Waals surface area contributed by atoms with Crippen LogP contribution in [-0.4, -0.2) is 33.4 Å². The Balaban J connectivity index is 1.89. The van der Waals surface area contributed by atoms with E-state index in [-0.39, 0.29) is 22.1 Å². The van der Waals surface area contributed by atoms with Crippen molar-refractivity contribution in [2.24, 2.45) is 0 Å². The monoisotopic (exact) mass is 500 g/mol. The molecule has 0 aliphatic rings. The first-order chi connectivity index (χ1) is 16.1. The van der Waals surface area contributed by atoms with Crippen molar-refractivity contribution in [1.82, 2.24) is 0 Å². The largest absolute Gasteiger partial charge is 0.462 e. The van der Waals surface area contributed by atoms with Crippen molar-refractivity contribution in [3.63, 3.8) is 0 Å². The molecule has 0 saturated heterocycles. The second kappa shape index (κ2) is 10.7. The third-order valence-electron chi connectivity index (χ3n) is 5.15. The standard InChI is InChI=1S/C25H25ClN2O5S/c1-4-33-25(30)22-13-11-19(15-23(22)26)27-24(29)16-28(20-12-10-17(2)18(3)14-20)34(31,32)21-8-6-5-7-9-21/h5-15H,4,16H2,1-3H3,(H,27,29). The number of halogens is 1. The highest BCUT2D eigenvalue weighted by Crippen LogP contribution is 2.26. The Morgan fingerprint density at radius 1 is 0.971 bits per heavy atom. The first kappa shape index (κ1) is 25.3. The van der Waals surface area contributed by atoms with Crippen LogP contribution in [0.25, 0.3) is 0 Å². The summed E-state index contributed by atoms with van der Waals surface area (Å²) in [5, 5.41) is 2.76. The maximum atomic E-state index is 13.4. The molecule has 7 nitrogen and oxygen atoms in total. The van der Waals surface area contributed by atoms with Gasteiger partial charge in [0.15, 0.2) is 0 Å². The summed E-state index contributed by atoms with van der Waals surface area (Å²) >= 11 is 6.17. The highest BCUT2D eigenvalue weighted by atomic mass is 35.5. The van der Waals surface area contributed by atoms with Gasteiger partial charge in [-0.1, -0.05) is 35.9 Å². The van der Waals surface area contributed by atoms with Crippen molar-refractivity contribution >= 4 is 44.9 Å². The quantitative estimate of drug-likeness (QED) is 0.441. The average molecular weight is 501 g/mol. The number of benzene rings is 3. The number of anilines is 2. The molecule has 0 fully saturated rings. The zero-order chi connectivity index (χ0) is 24.9. The van der Waals surface area contributed by atoms with E-state index >= 15 is 0 Å². The lowest BCUT2D eigenvalue weighted by atomic mass is 10.1. The van der Waals surface area contributed by atoms with E-state index in [0.717, 1.165) is 15.4 Å². The number of carbonyl (C=O) groups is 2. The van der Waals surface area contributed by atoms with E-state index in [1.54, 1.807) is 37.3 Å². The number of esters is 1. The fourth-order valence-corrected chi connectivity index (χ4v) is 4.91. The van der Waals surface area contributed by atoms with Gasteiger partial charge < -0.3 is 10.1 Å². The molecule has 1 amide bonds. The summed E-state index contributed by atoms with van der Waals surface area (Å²) in [4.78, 5) is 24.9. The lowest BCUT2D eigenvalue weighted by molar-refractivity contribution is -0.114. The van der Waals surface area contributed by atoms with Crippen LogP contribution in [-0.2, 0) is 19.6 Å². The minimum absolute atomic E-state index is 0.0721. The molecular weight excluding hydrogens is 476 g/mol. The van der Waals surface area contributed by atoms with Crippen molar-refractivity contribution in [1.29, 1.82) is 0 Å². The van der Waals surface area contributed by atoms with Gasteiger partial charge in [0, 0.05) is 5.69 Å². The molecule has 0 unspecified atom stereocenters. The molecule has 0 saturated carbocycles. The molecule has 0 spiro atoms. The second-order valence-electron chi connectivity index (χ2n) is 7.56. The minimum Gasteiger partial charge on any atom is -0.462 e. The van der Waals surface area contributed by atoms with Crippen molar-refractivity contribution in [2.75, 3.05) is 22.8 Å². The second-order valence-corrected chi connectivity index (χ2v) is 9.83. The van der Waals surface area contributed by atoms with E-state index in [0.29, 0.717) is 11.4 Å². The van der Waals surface area contributed by atoms with Gasteiger partial charge in [-0.15, -0.1) is 0 Å². The van der Waals surface area contributed by atoms with Crippen LogP contribution in [0.4, 0.5) is 11.4 Å². The molecule has 0 aromatic heterocycles. The predicted octanol–water partition coefficient (Wildman–Crippen LogP) is 4.97. The van der Waals surface area contributed by atoms with E-state index in [9.17, 15) is 18.0 Å². The predicted molar refractivity (Wildman–Crippen MR) is 133 cm³/mol. The van der Waals surface area contributed by atoms with Gasteiger partial charge in [0.25, 0.3) is 10.0 Å². The number of ether oxygens (including phenoxy) is 1. The van der Waals surface area contributed by atoms with Crippen LogP contribution < -0.4 is 9.62 Å². The number of hydrogen-bond donors (Lipinski definition) is 1. The van der Waals surface area contributed by atoms with Crippen molar-refractivity contribution in [3.05, 3.63) is 88.4 Å². The Morgan fingerprint density at radius 2 is 1.68 bits per heavy atom. The molecule has 34 heavy (non-hydrogen) atoms. The number of nitrogens with one attached hydrogen (secondary N) is 1. The van der Waals surface area contributed by atoms with Crippen molar-refractivity contribution < 1.29 is 22.7 Å². The van der Waals surface area contributed by atoms with Crippen LogP contribution in [0.15, 0.2) is 71.6 Å². The molecule has 0 atom stereocenters. The molecule has 3 aromatic rings. The van der Waals surface area contributed by atoms with Crippen LogP contribution >= 0.6 is 11.6 Å². The lowest BCUT2D eigenvalue weighted by Crippen LogP contribution is -2.38. The number of amides is 1. The Kier molecular flexibility index (Phi) is 7.96. The van der Waals surface area contributed by atoms with Crippen LogP contribution in [0.5, 0.6) is 0 Å². The van der Waals surface area contributed by atoms with Gasteiger partial charge in [0.2, 0.25) is 5.91 Å². The lowest BCUT2D eigenvalue weighted by Gasteiger charge is -2.25. The Morgan fingerprint density at radius 3 is 2.29 bits per heavy atom. The summed E-state index contributed by atoms with van der Waals surface area (Å²) in [5.41, 5.74) is 2.76. The van der Waals surface area contributed by atoms with E-state index < -0.39 is 28.4 Å². The van der Waals surface area contributed by atoms with Crippen molar-refractivity contribution in [2.45, 2.75) is 25.7 Å². The summed E-state index contributed by atoms with van der Waals surface area (Å²) < 4.78 is 32.9. The topological polar surface area (TPSA) is 92.8 Å². The van der Waals surface area contributed by atoms with Gasteiger partial charge in [0.1, 0.15) is 6.54 Å². The van der Waals surface area contributed by atoms with Crippen LogP contribution in [0.1, 0.15) is 28.4 Å². The Labute approximate surface area is 204 Å². The van der Waals surface area contributed by atoms with Gasteiger partial charge in [-0.25, -0.2) is 13.2 Å². The first-order valence-corrected chi connectivity index (χ1v) is 12.4. The summed E-state index contributed by atoms with van der Waals surface area (Å²) in [7, 11) is -4.02. The van der Waals surface area contributed by atoms with E-state index in [2.05, 4.69) is 5.32 Å². The molecule has 1 N–H and O–H groups in total. The Hall–Kier alpha value is -3.36. The SMILES string of the molecule is CCOC(=O)c1ccc(NC(=O)CN(c2ccc(C)c(C)c2)S(=O)(=O)c2ccccc2)cc1Cl. The molecule has 0 radical (unpaired) electrons. The number of aryl methyl sites for hydroxylation is 2. The maximum absolute atomic E-state index is 13.4. The zero-order valence-corrected chi connectivity index (χ0v) is 20.6. The first-order valence-electron chi connectivity index (χ1n) is 10.5. The van der Waals surface area contributed by atoms with Crippen LogP contribution in [0, 0.1) is 13.8 Å². The fraction of sp³-hybridized carbons (Fsp3) is 0.200. The van der Waals surface area contributed by atoms with Gasteiger partial charge in [0.05, 0.1) is 27.8 Å². The summed E-state index contributed by atoms with van der Waals surface area (Å²) in [6.45, 7) is 5.23. The normalized spacial score (nSPS) is 11.1. The van der Waals surface area contributed by atoms with Gasteiger partial charge in [-0.3, -0.25) is 9.10 Å². The smallest absolute Gasteiger partial charge is 0.339 e. The van der Waals surface area contributed by atoms with Crippen LogP contribution in [0.2, 0.25) is 5.02 Å². The molecule has 0 aliphatic heterocycles. The number of nitrogens with zero attached hydrogens (tertiary/aromatic N) is 1. The third kappa shape index (κ3) is 5.76. The number of rotatable bonds is 8. The summed E-state index contributed by atoms with van der Waals surface area (Å²) in [6, 6.07) is 17.5. The van der Waals surface area contributed by atoms with Gasteiger partial charge >= 0.3 is 5.97 Å². The molecule has 9 heteroatoms. The maximum Gasteiger partial charge on any atom is 0.339 e. The van der Waals surface area contributed by atoms with Gasteiger partial charge in [-0.05, 0) is 74.4 Å². The average Bonchev–Trinajstić information content (AvgIpc) is 2.80. The zero-order valence-electron chi connectivity index (χ0n) is 19.0. The van der Waals surface area contributed by atoms with Crippen molar-refractivity contribution in [3.8, 4) is 0 Å². The number of sulfonamides is 1. The molecule has 178 valence electrons. The van der Waals surface area contributed by atoms with E-state index in [1.807, 2.05) is 19.9 Å². The Bertz CT molecular complexity index is 1310. The van der Waals surface area contributed by atoms with E-state index in [4.69, 9.17) is 16.3 Å². The molecule has 0 bridgehead atoms. The van der Waals surface area contributed by atoms with Gasteiger partial charge in [-0.2, -0.15) is 0 Å². The molecule has 0 heterocycles. The molecule has 3 aromatic carbocycles. The fourth-order valence-electron chi connectivity index (χ4n) is 3.21. The number of carbonyl (C=O) groups excluding carboxylic acids is 2. The molecule has 3 rings (SSSR count).